The zero-order valence-corrected chi connectivity index (χ0v) is 12.2. The highest BCUT2D eigenvalue weighted by Gasteiger charge is 2.08. The minimum atomic E-state index is -0.302. The van der Waals surface area contributed by atoms with Crippen LogP contribution in [0.5, 0.6) is 0 Å². The number of hydrogen-bond donors (Lipinski definition) is 0. The van der Waals surface area contributed by atoms with E-state index in [-0.39, 0.29) is 5.97 Å². The van der Waals surface area contributed by atoms with Crippen LogP contribution in [0.3, 0.4) is 0 Å². The highest BCUT2D eigenvalue weighted by molar-refractivity contribution is 5.94. The Morgan fingerprint density at radius 3 is 2.76 bits per heavy atom. The number of benzene rings is 2. The smallest absolute Gasteiger partial charge is 0.337 e. The van der Waals surface area contributed by atoms with Crippen LogP contribution >= 0.6 is 0 Å². The van der Waals surface area contributed by atoms with Crippen LogP contribution < -0.4 is 0 Å². The fourth-order valence-corrected chi connectivity index (χ4v) is 2.59. The molecule has 0 spiro atoms. The topological polar surface area (TPSA) is 31.2 Å². The summed E-state index contributed by atoms with van der Waals surface area (Å²) < 4.78 is 6.94. The van der Waals surface area contributed by atoms with Gasteiger partial charge in [-0.25, -0.2) is 4.79 Å². The molecule has 0 bridgehead atoms. The Bertz CT molecular complexity index is 802. The van der Waals surface area contributed by atoms with Gasteiger partial charge in [-0.2, -0.15) is 0 Å². The van der Waals surface area contributed by atoms with Crippen LogP contribution in [0.15, 0.2) is 54.7 Å². The summed E-state index contributed by atoms with van der Waals surface area (Å²) in [6.07, 6.45) is 2.05. The van der Waals surface area contributed by atoms with Gasteiger partial charge >= 0.3 is 5.97 Å². The number of carbonyl (C=O) groups excluding carboxylic acids is 1. The van der Waals surface area contributed by atoms with Crippen molar-refractivity contribution >= 4 is 16.9 Å². The summed E-state index contributed by atoms with van der Waals surface area (Å²) >= 11 is 0. The lowest BCUT2D eigenvalue weighted by Gasteiger charge is -2.07. The zero-order chi connectivity index (χ0) is 14.8. The molecule has 0 N–H and O–H groups in total. The number of nitrogens with zero attached hydrogens (tertiary/aromatic N) is 1. The summed E-state index contributed by atoms with van der Waals surface area (Å²) in [5.74, 6) is -0.302. The minimum Gasteiger partial charge on any atom is -0.465 e. The fourth-order valence-electron chi connectivity index (χ4n) is 2.59. The molecule has 1 heterocycles. The van der Waals surface area contributed by atoms with Crippen molar-refractivity contribution in [2.45, 2.75) is 13.5 Å². The number of rotatable bonds is 3. The molecule has 3 rings (SSSR count). The average molecular weight is 279 g/mol. The van der Waals surface area contributed by atoms with Gasteiger partial charge in [0.15, 0.2) is 0 Å². The van der Waals surface area contributed by atoms with E-state index in [1.165, 1.54) is 18.2 Å². The van der Waals surface area contributed by atoms with Crippen LogP contribution in [0.2, 0.25) is 0 Å². The van der Waals surface area contributed by atoms with Crippen molar-refractivity contribution < 1.29 is 9.53 Å². The molecule has 0 amide bonds. The lowest BCUT2D eigenvalue weighted by molar-refractivity contribution is 0.0601. The highest BCUT2D eigenvalue weighted by atomic mass is 16.5. The normalized spacial score (nSPS) is 10.8. The van der Waals surface area contributed by atoms with Crippen LogP contribution in [-0.4, -0.2) is 17.6 Å². The number of methoxy groups -OCH3 is 1. The maximum atomic E-state index is 11.6. The molecule has 106 valence electrons. The van der Waals surface area contributed by atoms with E-state index in [4.69, 9.17) is 4.74 Å². The first-order chi connectivity index (χ1) is 10.2. The molecule has 2 aromatic carbocycles. The van der Waals surface area contributed by atoms with Crippen molar-refractivity contribution in [2.75, 3.05) is 7.11 Å². The van der Waals surface area contributed by atoms with Gasteiger partial charge < -0.3 is 9.30 Å². The van der Waals surface area contributed by atoms with E-state index in [1.54, 1.807) is 6.07 Å². The van der Waals surface area contributed by atoms with Crippen molar-refractivity contribution in [3.05, 3.63) is 71.4 Å². The van der Waals surface area contributed by atoms with Gasteiger partial charge in [0.25, 0.3) is 0 Å². The van der Waals surface area contributed by atoms with E-state index >= 15 is 0 Å². The second-order valence-electron chi connectivity index (χ2n) is 5.20. The standard InChI is InChI=1S/C18H17NO2/c1-13-4-3-5-14(10-13)12-19-9-8-15-11-16(18(20)21-2)6-7-17(15)19/h3-11H,12H2,1-2H3. The summed E-state index contributed by atoms with van der Waals surface area (Å²) in [6, 6.07) is 16.2. The third-order valence-electron chi connectivity index (χ3n) is 3.63. The Balaban J connectivity index is 1.95. The molecule has 3 heteroatoms. The summed E-state index contributed by atoms with van der Waals surface area (Å²) in [7, 11) is 1.40. The predicted octanol–water partition coefficient (Wildman–Crippen LogP) is 3.78. The Hall–Kier alpha value is -2.55. The molecule has 0 aliphatic carbocycles. The van der Waals surface area contributed by atoms with Gasteiger partial charge in [0.1, 0.15) is 0 Å². The first-order valence-electron chi connectivity index (χ1n) is 6.90. The first kappa shape index (κ1) is 13.4. The molecule has 21 heavy (non-hydrogen) atoms. The van der Waals surface area contributed by atoms with Crippen molar-refractivity contribution in [1.29, 1.82) is 0 Å². The molecule has 0 unspecified atom stereocenters. The Morgan fingerprint density at radius 1 is 1.14 bits per heavy atom. The fraction of sp³-hybridized carbons (Fsp3) is 0.167. The lowest BCUT2D eigenvalue weighted by atomic mass is 10.1. The van der Waals surface area contributed by atoms with E-state index in [0.717, 1.165) is 17.4 Å². The average Bonchev–Trinajstić information content (AvgIpc) is 2.89. The highest BCUT2D eigenvalue weighted by Crippen LogP contribution is 2.20. The van der Waals surface area contributed by atoms with Crippen molar-refractivity contribution in [2.24, 2.45) is 0 Å². The van der Waals surface area contributed by atoms with Crippen LogP contribution in [0.1, 0.15) is 21.5 Å². The second-order valence-corrected chi connectivity index (χ2v) is 5.20. The van der Waals surface area contributed by atoms with E-state index in [9.17, 15) is 4.79 Å². The second kappa shape index (κ2) is 5.44. The number of carbonyl (C=O) groups is 1. The van der Waals surface area contributed by atoms with Gasteiger partial charge in [0.2, 0.25) is 0 Å². The molecule has 0 aliphatic heterocycles. The number of aromatic nitrogens is 1. The van der Waals surface area contributed by atoms with Gasteiger partial charge in [-0.1, -0.05) is 29.8 Å². The van der Waals surface area contributed by atoms with E-state index in [2.05, 4.69) is 35.8 Å². The molecule has 0 radical (unpaired) electrons. The molecule has 1 aromatic heterocycles. The molecule has 0 fully saturated rings. The maximum absolute atomic E-state index is 11.6. The summed E-state index contributed by atoms with van der Waals surface area (Å²) in [4.78, 5) is 11.6. The van der Waals surface area contributed by atoms with Gasteiger partial charge in [0.05, 0.1) is 12.7 Å². The Morgan fingerprint density at radius 2 is 2.00 bits per heavy atom. The maximum Gasteiger partial charge on any atom is 0.337 e. The number of hydrogen-bond acceptors (Lipinski definition) is 2. The predicted molar refractivity (Wildman–Crippen MR) is 83.6 cm³/mol. The van der Waals surface area contributed by atoms with Crippen molar-refractivity contribution in [1.82, 2.24) is 4.57 Å². The number of aryl methyl sites for hydroxylation is 1. The summed E-state index contributed by atoms with van der Waals surface area (Å²) in [6.45, 7) is 2.92. The Labute approximate surface area is 123 Å². The van der Waals surface area contributed by atoms with Gasteiger partial charge in [-0.05, 0) is 36.8 Å². The van der Waals surface area contributed by atoms with Gasteiger partial charge in [-0.3, -0.25) is 0 Å². The zero-order valence-electron chi connectivity index (χ0n) is 12.2. The quantitative estimate of drug-likeness (QED) is 0.683. The number of esters is 1. The summed E-state index contributed by atoms with van der Waals surface area (Å²) in [5.41, 5.74) is 4.23. The van der Waals surface area contributed by atoms with E-state index in [0.29, 0.717) is 5.56 Å². The molecular formula is C18H17NO2. The molecule has 0 atom stereocenters. The third-order valence-corrected chi connectivity index (χ3v) is 3.63. The molecular weight excluding hydrogens is 262 g/mol. The summed E-state index contributed by atoms with van der Waals surface area (Å²) in [5, 5.41) is 1.05. The van der Waals surface area contributed by atoms with Crippen molar-refractivity contribution in [3.8, 4) is 0 Å². The van der Waals surface area contributed by atoms with Gasteiger partial charge in [-0.15, -0.1) is 0 Å². The molecule has 0 saturated heterocycles. The molecule has 0 saturated carbocycles. The van der Waals surface area contributed by atoms with Crippen molar-refractivity contribution in [3.63, 3.8) is 0 Å². The largest absolute Gasteiger partial charge is 0.465 e. The molecule has 3 nitrogen and oxygen atoms in total. The number of fused-ring (bicyclic) bond motifs is 1. The minimum absolute atomic E-state index is 0.302. The van der Waals surface area contributed by atoms with E-state index in [1.807, 2.05) is 24.4 Å². The Kier molecular flexibility index (Phi) is 3.48. The lowest BCUT2D eigenvalue weighted by Crippen LogP contribution is -2.01. The SMILES string of the molecule is COC(=O)c1ccc2c(ccn2Cc2cccc(C)c2)c1. The van der Waals surface area contributed by atoms with Crippen LogP contribution in [0.25, 0.3) is 10.9 Å². The number of ether oxygens (including phenoxy) is 1. The molecule has 0 aliphatic rings. The monoisotopic (exact) mass is 279 g/mol. The van der Waals surface area contributed by atoms with Crippen LogP contribution in [-0.2, 0) is 11.3 Å². The van der Waals surface area contributed by atoms with Crippen LogP contribution in [0.4, 0.5) is 0 Å². The first-order valence-corrected chi connectivity index (χ1v) is 6.90. The van der Waals surface area contributed by atoms with E-state index < -0.39 is 0 Å². The van der Waals surface area contributed by atoms with Gasteiger partial charge in [0, 0.05) is 23.6 Å². The third kappa shape index (κ3) is 2.68. The molecule has 3 aromatic rings. The van der Waals surface area contributed by atoms with Crippen LogP contribution in [0, 0.1) is 6.92 Å².